The summed E-state index contributed by atoms with van der Waals surface area (Å²) in [6, 6.07) is -4.40. The minimum absolute atomic E-state index is 0.115. The predicted molar refractivity (Wildman–Crippen MR) is 134 cm³/mol. The van der Waals surface area contributed by atoms with E-state index in [-0.39, 0.29) is 31.8 Å². The van der Waals surface area contributed by atoms with Crippen LogP contribution in [-0.4, -0.2) is 101 Å². The van der Waals surface area contributed by atoms with E-state index in [9.17, 15) is 24.3 Å². The van der Waals surface area contributed by atoms with Crippen LogP contribution in [0.25, 0.3) is 0 Å². The monoisotopic (exact) mass is 523 g/mol. The molecule has 11 N–H and O–H groups in total. The van der Waals surface area contributed by atoms with E-state index in [1.54, 1.807) is 0 Å². The minimum Gasteiger partial charge on any atom is -0.480 e. The molecule has 0 saturated heterocycles. The zero-order valence-corrected chi connectivity index (χ0v) is 21.1. The van der Waals surface area contributed by atoms with Gasteiger partial charge in [-0.2, -0.15) is 23.5 Å². The summed E-state index contributed by atoms with van der Waals surface area (Å²) in [5, 5.41) is 26.0. The van der Waals surface area contributed by atoms with E-state index in [1.165, 1.54) is 23.5 Å². The number of carboxylic acid groups (broad SMARTS) is 1. The maximum atomic E-state index is 13.0. The van der Waals surface area contributed by atoms with E-state index in [0.29, 0.717) is 17.9 Å². The number of nitrogens with two attached hydrogens (primary N) is 3. The van der Waals surface area contributed by atoms with E-state index in [0.717, 1.165) is 0 Å². The molecule has 0 aromatic carbocycles. The largest absolute Gasteiger partial charge is 0.480 e. The number of hydrogen-bond acceptors (Lipinski definition) is 9. The number of hydrogen-bond donors (Lipinski definition) is 8. The van der Waals surface area contributed by atoms with Gasteiger partial charge < -0.3 is 43.4 Å². The van der Waals surface area contributed by atoms with Crippen molar-refractivity contribution in [3.63, 3.8) is 0 Å². The van der Waals surface area contributed by atoms with E-state index < -0.39 is 54.5 Å². The first-order valence-electron chi connectivity index (χ1n) is 10.6. The summed E-state index contributed by atoms with van der Waals surface area (Å²) in [6.45, 7) is -0.403. The van der Waals surface area contributed by atoms with Gasteiger partial charge in [0.1, 0.15) is 24.2 Å². The molecule has 15 heteroatoms. The van der Waals surface area contributed by atoms with Gasteiger partial charge in [-0.05, 0) is 49.7 Å². The number of nitrogens with one attached hydrogen (secondary N) is 3. The number of aliphatic hydroxyl groups excluding tert-OH is 1. The van der Waals surface area contributed by atoms with Gasteiger partial charge in [-0.15, -0.1) is 0 Å². The van der Waals surface area contributed by atoms with E-state index in [4.69, 9.17) is 22.3 Å². The summed E-state index contributed by atoms with van der Waals surface area (Å²) in [6.07, 6.45) is 4.61. The highest BCUT2D eigenvalue weighted by molar-refractivity contribution is 7.98. The molecular formula is C19H37N7O6S2. The highest BCUT2D eigenvalue weighted by Crippen LogP contribution is 2.07. The van der Waals surface area contributed by atoms with Crippen molar-refractivity contribution in [1.82, 2.24) is 16.0 Å². The van der Waals surface area contributed by atoms with Crippen molar-refractivity contribution in [2.75, 3.05) is 37.2 Å². The number of carbonyl (C=O) groups excluding carboxylic acids is 3. The Kier molecular flexibility index (Phi) is 17.0. The number of rotatable bonds is 18. The molecular weight excluding hydrogens is 486 g/mol. The van der Waals surface area contributed by atoms with Crippen molar-refractivity contribution >= 4 is 53.2 Å². The number of thioether (sulfide) groups is 2. The van der Waals surface area contributed by atoms with Crippen LogP contribution in [0.1, 0.15) is 25.7 Å². The molecule has 0 saturated carbocycles. The topological polar surface area (TPSA) is 235 Å². The third-order valence-corrected chi connectivity index (χ3v) is 5.87. The maximum absolute atomic E-state index is 13.0. The van der Waals surface area contributed by atoms with Crippen LogP contribution in [0.3, 0.4) is 0 Å². The Morgan fingerprint density at radius 2 is 1.32 bits per heavy atom. The minimum atomic E-state index is -1.23. The molecule has 0 radical (unpaired) electrons. The molecule has 0 aromatic heterocycles. The third-order valence-electron chi connectivity index (χ3n) is 4.58. The zero-order chi connectivity index (χ0) is 26.1. The van der Waals surface area contributed by atoms with Gasteiger partial charge in [-0.3, -0.25) is 19.4 Å². The number of aliphatic carboxylic acids is 1. The van der Waals surface area contributed by atoms with Gasteiger partial charge >= 0.3 is 5.97 Å². The van der Waals surface area contributed by atoms with Crippen LogP contribution < -0.4 is 33.2 Å². The van der Waals surface area contributed by atoms with E-state index in [1.807, 2.05) is 12.5 Å². The molecule has 0 spiro atoms. The number of aliphatic imine (C=N–C) groups is 1. The smallest absolute Gasteiger partial charge is 0.326 e. The third kappa shape index (κ3) is 13.5. The average Bonchev–Trinajstić information content (AvgIpc) is 2.79. The molecule has 196 valence electrons. The first-order valence-corrected chi connectivity index (χ1v) is 13.4. The molecule has 0 aliphatic carbocycles. The van der Waals surface area contributed by atoms with Crippen molar-refractivity contribution in [1.29, 1.82) is 0 Å². The Morgan fingerprint density at radius 3 is 1.79 bits per heavy atom. The molecule has 0 aliphatic heterocycles. The van der Waals surface area contributed by atoms with Crippen molar-refractivity contribution < 1.29 is 29.4 Å². The summed E-state index contributed by atoms with van der Waals surface area (Å²) in [5.74, 6) is -2.24. The van der Waals surface area contributed by atoms with Gasteiger partial charge in [0.05, 0.1) is 6.61 Å². The quantitative estimate of drug-likeness (QED) is 0.0527. The molecule has 0 rings (SSSR count). The zero-order valence-electron chi connectivity index (χ0n) is 19.5. The molecule has 4 unspecified atom stereocenters. The predicted octanol–water partition coefficient (Wildman–Crippen LogP) is -2.60. The second kappa shape index (κ2) is 18.1. The summed E-state index contributed by atoms with van der Waals surface area (Å²) >= 11 is 2.91. The SMILES string of the molecule is CSCCC(NC(=O)C(CCSC)NC(=O)C(CCCN=C(N)N)NC(=O)C(N)CO)C(=O)O. The summed E-state index contributed by atoms with van der Waals surface area (Å²) in [7, 11) is 0. The van der Waals surface area contributed by atoms with Gasteiger partial charge in [-0.25, -0.2) is 4.79 Å². The van der Waals surface area contributed by atoms with Gasteiger partial charge in [0.15, 0.2) is 5.96 Å². The van der Waals surface area contributed by atoms with Crippen molar-refractivity contribution in [3.8, 4) is 0 Å². The van der Waals surface area contributed by atoms with Gasteiger partial charge in [0.25, 0.3) is 0 Å². The Labute approximate surface area is 207 Å². The number of amides is 3. The molecule has 0 aliphatic rings. The Morgan fingerprint density at radius 1 is 0.853 bits per heavy atom. The number of guanidine groups is 1. The molecule has 34 heavy (non-hydrogen) atoms. The van der Waals surface area contributed by atoms with E-state index in [2.05, 4.69) is 20.9 Å². The fourth-order valence-corrected chi connectivity index (χ4v) is 3.62. The molecule has 13 nitrogen and oxygen atoms in total. The standard InChI is InChI=1S/C19H37N7O6S2/c1-33-8-5-13(17(30)26-14(18(31)32)6-9-34-2)25-16(29)12(4-3-7-23-19(21)22)24-15(28)11(20)10-27/h11-14,27H,3-10,20H2,1-2H3,(H,24,28)(H,25,29)(H,26,30)(H,31,32)(H4,21,22,23). The molecule has 0 heterocycles. The Balaban J connectivity index is 5.45. The first-order chi connectivity index (χ1) is 16.1. The molecule has 3 amide bonds. The van der Waals surface area contributed by atoms with Crippen LogP contribution in [0.15, 0.2) is 4.99 Å². The number of aliphatic hydroxyl groups is 1. The molecule has 4 atom stereocenters. The second-order valence-corrected chi connectivity index (χ2v) is 9.29. The van der Waals surface area contributed by atoms with Crippen LogP contribution >= 0.6 is 23.5 Å². The summed E-state index contributed by atoms with van der Waals surface area (Å²) < 4.78 is 0. The first kappa shape index (κ1) is 31.8. The molecule has 0 aromatic rings. The van der Waals surface area contributed by atoms with Crippen LogP contribution in [0, 0.1) is 0 Å². The average molecular weight is 524 g/mol. The summed E-state index contributed by atoms with van der Waals surface area (Å²) in [4.78, 5) is 53.2. The Bertz CT molecular complexity index is 694. The number of carbonyl (C=O) groups is 4. The normalized spacial score (nSPS) is 14.2. The fourth-order valence-electron chi connectivity index (χ4n) is 2.68. The van der Waals surface area contributed by atoms with Crippen LogP contribution in [0.2, 0.25) is 0 Å². The van der Waals surface area contributed by atoms with Crippen molar-refractivity contribution in [2.45, 2.75) is 49.9 Å². The van der Waals surface area contributed by atoms with Gasteiger partial charge in [0.2, 0.25) is 17.7 Å². The van der Waals surface area contributed by atoms with Gasteiger partial charge in [-0.1, -0.05) is 0 Å². The fraction of sp³-hybridized carbons (Fsp3) is 0.737. The van der Waals surface area contributed by atoms with Crippen LogP contribution in [0.5, 0.6) is 0 Å². The number of nitrogens with zero attached hydrogens (tertiary/aromatic N) is 1. The van der Waals surface area contributed by atoms with Gasteiger partial charge in [0, 0.05) is 6.54 Å². The Hall–Kier alpha value is -2.23. The summed E-state index contributed by atoms with van der Waals surface area (Å²) in [5.41, 5.74) is 16.1. The lowest BCUT2D eigenvalue weighted by Crippen LogP contribution is -2.57. The molecule has 0 fully saturated rings. The number of carboxylic acids is 1. The molecule has 0 bridgehead atoms. The lowest BCUT2D eigenvalue weighted by atomic mass is 10.1. The lowest BCUT2D eigenvalue weighted by Gasteiger charge is -2.25. The van der Waals surface area contributed by atoms with Crippen molar-refractivity contribution in [2.24, 2.45) is 22.2 Å². The lowest BCUT2D eigenvalue weighted by molar-refractivity contribution is -0.142. The van der Waals surface area contributed by atoms with Crippen LogP contribution in [0.4, 0.5) is 0 Å². The maximum Gasteiger partial charge on any atom is 0.326 e. The second-order valence-electron chi connectivity index (χ2n) is 7.32. The van der Waals surface area contributed by atoms with Crippen molar-refractivity contribution in [3.05, 3.63) is 0 Å². The highest BCUT2D eigenvalue weighted by atomic mass is 32.2. The van der Waals surface area contributed by atoms with E-state index >= 15 is 0 Å². The van der Waals surface area contributed by atoms with Crippen LogP contribution in [-0.2, 0) is 19.2 Å². The highest BCUT2D eigenvalue weighted by Gasteiger charge is 2.29.